The van der Waals surface area contributed by atoms with E-state index >= 15 is 0 Å². The average molecular weight is 374 g/mol. The van der Waals surface area contributed by atoms with Gasteiger partial charge >= 0.3 is 6.09 Å². The molecule has 0 aromatic heterocycles. The average Bonchev–Trinajstić information content (AvgIpc) is 3.21. The minimum Gasteiger partial charge on any atom is -0.465 e. The second-order valence-corrected chi connectivity index (χ2v) is 7.69. The monoisotopic (exact) mass is 373 g/mol. The lowest BCUT2D eigenvalue weighted by Gasteiger charge is -2.49. The first-order chi connectivity index (χ1) is 10.1. The van der Waals surface area contributed by atoms with Crippen molar-refractivity contribution < 1.29 is 19.4 Å². The number of hydrogen-bond acceptors (Lipinski definition) is 2. The standard InChI is InChI=1S/C16H21BrFNO3/c1-15(2,3)19(14(21)22)16(9-20,10-4-5-10)12-8-11(17)6-7-13(12)18/h6-8,10,20H,4-5,9H2,1-3H3,(H,21,22)/t16-/m1/s1. The number of carbonyl (C=O) groups is 1. The first-order valence-corrected chi connectivity index (χ1v) is 8.03. The number of benzene rings is 1. The molecule has 2 N–H and O–H groups in total. The summed E-state index contributed by atoms with van der Waals surface area (Å²) in [5.41, 5.74) is -1.81. The van der Waals surface area contributed by atoms with Gasteiger partial charge in [0, 0.05) is 15.6 Å². The topological polar surface area (TPSA) is 60.8 Å². The summed E-state index contributed by atoms with van der Waals surface area (Å²) in [5.74, 6) is -0.587. The molecule has 1 aromatic rings. The van der Waals surface area contributed by atoms with Gasteiger partial charge in [-0.3, -0.25) is 4.90 Å². The number of hydrogen-bond donors (Lipinski definition) is 2. The van der Waals surface area contributed by atoms with Gasteiger partial charge in [0.1, 0.15) is 11.4 Å². The minimum atomic E-state index is -1.27. The maximum atomic E-state index is 14.5. The molecular formula is C16H21BrFNO3. The first-order valence-electron chi connectivity index (χ1n) is 7.24. The number of amides is 1. The van der Waals surface area contributed by atoms with E-state index in [0.29, 0.717) is 4.47 Å². The molecule has 4 nitrogen and oxygen atoms in total. The third-order valence-corrected chi connectivity index (χ3v) is 4.64. The van der Waals surface area contributed by atoms with Gasteiger partial charge in [-0.15, -0.1) is 0 Å². The van der Waals surface area contributed by atoms with Crippen LogP contribution in [0.4, 0.5) is 9.18 Å². The maximum Gasteiger partial charge on any atom is 0.408 e. The van der Waals surface area contributed by atoms with Crippen LogP contribution in [0.5, 0.6) is 0 Å². The van der Waals surface area contributed by atoms with Crippen LogP contribution in [0.1, 0.15) is 39.2 Å². The predicted molar refractivity (Wildman–Crippen MR) is 85.2 cm³/mol. The molecule has 1 aliphatic carbocycles. The smallest absolute Gasteiger partial charge is 0.408 e. The number of carboxylic acid groups (broad SMARTS) is 1. The molecule has 2 rings (SSSR count). The molecule has 122 valence electrons. The quantitative estimate of drug-likeness (QED) is 0.839. The summed E-state index contributed by atoms with van der Waals surface area (Å²) >= 11 is 3.31. The van der Waals surface area contributed by atoms with E-state index in [4.69, 9.17) is 0 Å². The molecule has 0 spiro atoms. The molecule has 0 bridgehead atoms. The van der Waals surface area contributed by atoms with Crippen molar-refractivity contribution in [3.8, 4) is 0 Å². The van der Waals surface area contributed by atoms with Gasteiger partial charge in [0.25, 0.3) is 0 Å². The van der Waals surface area contributed by atoms with E-state index in [2.05, 4.69) is 15.9 Å². The number of rotatable bonds is 4. The van der Waals surface area contributed by atoms with Crippen LogP contribution in [-0.4, -0.2) is 33.4 Å². The Morgan fingerprint density at radius 3 is 2.41 bits per heavy atom. The molecule has 0 aliphatic heterocycles. The third-order valence-electron chi connectivity index (χ3n) is 4.15. The van der Waals surface area contributed by atoms with Crippen LogP contribution in [-0.2, 0) is 5.54 Å². The summed E-state index contributed by atoms with van der Waals surface area (Å²) in [6.07, 6.45) is 0.381. The van der Waals surface area contributed by atoms with Gasteiger partial charge in [0.2, 0.25) is 0 Å². The highest BCUT2D eigenvalue weighted by molar-refractivity contribution is 9.10. The van der Waals surface area contributed by atoms with Crippen LogP contribution in [0.2, 0.25) is 0 Å². The van der Waals surface area contributed by atoms with Crippen LogP contribution in [0.25, 0.3) is 0 Å². The molecule has 1 aromatic carbocycles. The molecule has 22 heavy (non-hydrogen) atoms. The molecular weight excluding hydrogens is 353 g/mol. The van der Waals surface area contributed by atoms with E-state index in [0.717, 1.165) is 12.8 Å². The zero-order chi connectivity index (χ0) is 16.7. The van der Waals surface area contributed by atoms with Crippen molar-refractivity contribution in [2.75, 3.05) is 6.61 Å². The first kappa shape index (κ1) is 17.2. The maximum absolute atomic E-state index is 14.5. The molecule has 1 amide bonds. The number of nitrogens with zero attached hydrogens (tertiary/aromatic N) is 1. The van der Waals surface area contributed by atoms with E-state index in [1.807, 2.05) is 0 Å². The Bertz CT molecular complexity index is 583. The fraction of sp³-hybridized carbons (Fsp3) is 0.562. The second-order valence-electron chi connectivity index (χ2n) is 6.77. The van der Waals surface area contributed by atoms with Crippen LogP contribution in [0.15, 0.2) is 22.7 Å². The molecule has 0 unspecified atom stereocenters. The van der Waals surface area contributed by atoms with Gasteiger partial charge in [-0.05, 0) is 57.7 Å². The van der Waals surface area contributed by atoms with Gasteiger partial charge in [-0.1, -0.05) is 15.9 Å². The van der Waals surface area contributed by atoms with E-state index in [9.17, 15) is 19.4 Å². The Balaban J connectivity index is 2.72. The van der Waals surface area contributed by atoms with Crippen molar-refractivity contribution in [2.45, 2.75) is 44.7 Å². The van der Waals surface area contributed by atoms with Crippen LogP contribution in [0, 0.1) is 11.7 Å². The van der Waals surface area contributed by atoms with Crippen LogP contribution >= 0.6 is 15.9 Å². The Kier molecular flexibility index (Phi) is 4.55. The van der Waals surface area contributed by atoms with E-state index in [-0.39, 0.29) is 11.5 Å². The highest BCUT2D eigenvalue weighted by Gasteiger charge is 2.56. The zero-order valence-corrected chi connectivity index (χ0v) is 14.5. The largest absolute Gasteiger partial charge is 0.465 e. The lowest BCUT2D eigenvalue weighted by Crippen LogP contribution is -2.61. The molecule has 0 saturated heterocycles. The molecule has 1 fully saturated rings. The predicted octanol–water partition coefficient (Wildman–Crippen LogP) is 3.96. The van der Waals surface area contributed by atoms with E-state index in [1.54, 1.807) is 32.9 Å². The number of halogens is 2. The molecule has 1 atom stereocenters. The molecule has 1 saturated carbocycles. The van der Waals surface area contributed by atoms with Gasteiger partial charge in [-0.25, -0.2) is 9.18 Å². The van der Waals surface area contributed by atoms with Crippen molar-refractivity contribution in [3.63, 3.8) is 0 Å². The fourth-order valence-corrected chi connectivity index (χ4v) is 3.62. The van der Waals surface area contributed by atoms with E-state index < -0.39 is 29.6 Å². The Hall–Kier alpha value is -1.14. The van der Waals surface area contributed by atoms with Gasteiger partial charge in [0.15, 0.2) is 0 Å². The number of aliphatic hydroxyl groups excluding tert-OH is 1. The Morgan fingerprint density at radius 2 is 2.00 bits per heavy atom. The van der Waals surface area contributed by atoms with E-state index in [1.165, 1.54) is 11.0 Å². The van der Waals surface area contributed by atoms with Crippen molar-refractivity contribution in [2.24, 2.45) is 5.92 Å². The molecule has 6 heteroatoms. The van der Waals surface area contributed by atoms with Crippen molar-refractivity contribution in [3.05, 3.63) is 34.1 Å². The summed E-state index contributed by atoms with van der Waals surface area (Å²) < 4.78 is 15.2. The Labute approximate surface area is 138 Å². The third kappa shape index (κ3) is 2.86. The molecule has 1 aliphatic rings. The summed E-state index contributed by atoms with van der Waals surface area (Å²) in [4.78, 5) is 13.1. The summed E-state index contributed by atoms with van der Waals surface area (Å²) in [6.45, 7) is 4.81. The van der Waals surface area contributed by atoms with Gasteiger partial charge in [-0.2, -0.15) is 0 Å². The SMILES string of the molecule is CC(C)(C)N(C(=O)O)[C@@](CO)(c1cc(Br)ccc1F)C1CC1. The van der Waals surface area contributed by atoms with Crippen molar-refractivity contribution in [1.29, 1.82) is 0 Å². The second kappa shape index (κ2) is 5.81. The van der Waals surface area contributed by atoms with Gasteiger partial charge < -0.3 is 10.2 Å². The highest BCUT2D eigenvalue weighted by atomic mass is 79.9. The lowest BCUT2D eigenvalue weighted by molar-refractivity contribution is -0.0349. The summed E-state index contributed by atoms with van der Waals surface area (Å²) in [7, 11) is 0. The highest BCUT2D eigenvalue weighted by Crippen LogP contribution is 2.52. The number of aliphatic hydroxyl groups is 1. The van der Waals surface area contributed by atoms with Crippen LogP contribution in [0.3, 0.4) is 0 Å². The normalized spacial score (nSPS) is 17.9. The van der Waals surface area contributed by atoms with Crippen molar-refractivity contribution >= 4 is 22.0 Å². The minimum absolute atomic E-state index is 0.0865. The van der Waals surface area contributed by atoms with Crippen molar-refractivity contribution in [1.82, 2.24) is 4.90 Å². The Morgan fingerprint density at radius 1 is 1.41 bits per heavy atom. The fourth-order valence-electron chi connectivity index (χ4n) is 3.25. The molecule has 0 heterocycles. The summed E-state index contributed by atoms with van der Waals surface area (Å²) in [6, 6.07) is 4.44. The molecule has 0 radical (unpaired) electrons. The summed E-state index contributed by atoms with van der Waals surface area (Å²) in [5, 5.41) is 19.9. The van der Waals surface area contributed by atoms with Crippen LogP contribution < -0.4 is 0 Å². The zero-order valence-electron chi connectivity index (χ0n) is 12.9. The lowest BCUT2D eigenvalue weighted by atomic mass is 9.80. The van der Waals surface area contributed by atoms with Gasteiger partial charge in [0.05, 0.1) is 6.61 Å².